The molecule has 0 aromatic rings. The van der Waals surface area contributed by atoms with Gasteiger partial charge < -0.3 is 31.9 Å². The van der Waals surface area contributed by atoms with E-state index in [1.807, 2.05) is 6.92 Å². The van der Waals surface area contributed by atoms with Crippen molar-refractivity contribution in [2.75, 3.05) is 5.75 Å². The SMILES string of the molecule is CCC(C)C(NC(=O)C(CCC(=O)O)NC(=O)C(NC(=O)C(N)CS)C(C)CC)C(=O)O. The van der Waals surface area contributed by atoms with Crippen molar-refractivity contribution in [3.8, 4) is 0 Å². The van der Waals surface area contributed by atoms with Crippen LogP contribution in [0.5, 0.6) is 0 Å². The first-order valence-electron chi connectivity index (χ1n) is 10.6. The highest BCUT2D eigenvalue weighted by atomic mass is 32.1. The number of carbonyl (C=O) groups is 5. The minimum absolute atomic E-state index is 0.0660. The lowest BCUT2D eigenvalue weighted by atomic mass is 9.96. The Bertz CT molecular complexity index is 676. The summed E-state index contributed by atoms with van der Waals surface area (Å²) in [6, 6.07) is -4.46. The molecule has 6 unspecified atom stereocenters. The smallest absolute Gasteiger partial charge is 0.326 e. The number of thiol groups is 1. The van der Waals surface area contributed by atoms with Gasteiger partial charge in [-0.05, 0) is 18.3 Å². The molecule has 0 rings (SSSR count). The molecule has 6 atom stereocenters. The van der Waals surface area contributed by atoms with Crippen LogP contribution >= 0.6 is 12.6 Å². The van der Waals surface area contributed by atoms with Crippen molar-refractivity contribution in [3.05, 3.63) is 0 Å². The molecule has 184 valence electrons. The van der Waals surface area contributed by atoms with Gasteiger partial charge in [0.25, 0.3) is 0 Å². The Morgan fingerprint density at radius 3 is 1.78 bits per heavy atom. The lowest BCUT2D eigenvalue weighted by Crippen LogP contribution is -2.59. The predicted molar refractivity (Wildman–Crippen MR) is 121 cm³/mol. The molecular formula is C20H36N4O7S. The summed E-state index contributed by atoms with van der Waals surface area (Å²) < 4.78 is 0. The molecule has 0 bridgehead atoms. The summed E-state index contributed by atoms with van der Waals surface area (Å²) in [6.07, 6.45) is 0.327. The van der Waals surface area contributed by atoms with Crippen molar-refractivity contribution in [2.24, 2.45) is 17.6 Å². The molecule has 11 nitrogen and oxygen atoms in total. The molecule has 0 fully saturated rings. The normalized spacial score (nSPS) is 16.6. The molecule has 0 heterocycles. The van der Waals surface area contributed by atoms with Gasteiger partial charge in [-0.2, -0.15) is 12.6 Å². The maximum atomic E-state index is 12.9. The topological polar surface area (TPSA) is 188 Å². The predicted octanol–water partition coefficient (Wildman–Crippen LogP) is -0.260. The van der Waals surface area contributed by atoms with Crippen molar-refractivity contribution >= 4 is 42.3 Å². The van der Waals surface area contributed by atoms with Gasteiger partial charge >= 0.3 is 11.9 Å². The molecule has 32 heavy (non-hydrogen) atoms. The second kappa shape index (κ2) is 14.7. The Kier molecular flexibility index (Phi) is 13.6. The number of carboxylic acid groups (broad SMARTS) is 2. The van der Waals surface area contributed by atoms with E-state index in [9.17, 15) is 29.1 Å². The van der Waals surface area contributed by atoms with Gasteiger partial charge in [0.05, 0.1) is 6.04 Å². The van der Waals surface area contributed by atoms with Crippen LogP contribution in [0.4, 0.5) is 0 Å². The first-order valence-corrected chi connectivity index (χ1v) is 11.2. The van der Waals surface area contributed by atoms with Gasteiger partial charge in [-0.15, -0.1) is 0 Å². The monoisotopic (exact) mass is 476 g/mol. The van der Waals surface area contributed by atoms with Crippen LogP contribution in [0, 0.1) is 11.8 Å². The summed E-state index contributed by atoms with van der Waals surface area (Å²) in [7, 11) is 0. The number of hydrogen-bond donors (Lipinski definition) is 7. The lowest BCUT2D eigenvalue weighted by molar-refractivity contribution is -0.144. The third-order valence-corrected chi connectivity index (χ3v) is 5.78. The quantitative estimate of drug-likeness (QED) is 0.157. The van der Waals surface area contributed by atoms with E-state index < -0.39 is 60.2 Å². The Balaban J connectivity index is 5.64. The molecule has 0 aromatic heterocycles. The van der Waals surface area contributed by atoms with Crippen LogP contribution in [-0.4, -0.2) is 69.8 Å². The summed E-state index contributed by atoms with van der Waals surface area (Å²) in [5.41, 5.74) is 5.66. The summed E-state index contributed by atoms with van der Waals surface area (Å²) in [6.45, 7) is 6.97. The number of aliphatic carboxylic acids is 2. The van der Waals surface area contributed by atoms with Crippen LogP contribution in [0.3, 0.4) is 0 Å². The highest BCUT2D eigenvalue weighted by Gasteiger charge is 2.33. The van der Waals surface area contributed by atoms with Crippen LogP contribution < -0.4 is 21.7 Å². The fourth-order valence-electron chi connectivity index (χ4n) is 2.78. The highest BCUT2D eigenvalue weighted by Crippen LogP contribution is 2.12. The van der Waals surface area contributed by atoms with Gasteiger partial charge in [-0.1, -0.05) is 40.5 Å². The number of nitrogens with one attached hydrogen (secondary N) is 3. The largest absolute Gasteiger partial charge is 0.481 e. The fraction of sp³-hybridized carbons (Fsp3) is 0.750. The van der Waals surface area contributed by atoms with Gasteiger partial charge in [0.15, 0.2) is 0 Å². The molecule has 0 saturated carbocycles. The standard InChI is InChI=1S/C20H36N4O7S/c1-5-10(3)15(23-17(27)12(21)9-32)19(29)22-13(7-8-14(25)26)18(28)24-16(20(30)31)11(4)6-2/h10-13,15-16,32H,5-9,21H2,1-4H3,(H,22,29)(H,23,27)(H,24,28)(H,25,26)(H,30,31). The summed E-state index contributed by atoms with van der Waals surface area (Å²) in [4.78, 5) is 60.4. The van der Waals surface area contributed by atoms with E-state index in [4.69, 9.17) is 10.8 Å². The number of carboxylic acids is 2. The number of hydrogen-bond acceptors (Lipinski definition) is 7. The van der Waals surface area contributed by atoms with Crippen LogP contribution in [-0.2, 0) is 24.0 Å². The van der Waals surface area contributed by atoms with Gasteiger partial charge in [0.1, 0.15) is 18.1 Å². The van der Waals surface area contributed by atoms with Crippen molar-refractivity contribution < 1.29 is 34.2 Å². The Labute approximate surface area is 193 Å². The first kappa shape index (κ1) is 29.7. The summed E-state index contributed by atoms with van der Waals surface area (Å²) >= 11 is 3.96. The fourth-order valence-corrected chi connectivity index (χ4v) is 2.95. The second-order valence-electron chi connectivity index (χ2n) is 7.86. The van der Waals surface area contributed by atoms with Crippen molar-refractivity contribution in [1.82, 2.24) is 16.0 Å². The zero-order valence-electron chi connectivity index (χ0n) is 19.0. The molecule has 0 aromatic carbocycles. The van der Waals surface area contributed by atoms with Gasteiger partial charge in [-0.3, -0.25) is 19.2 Å². The van der Waals surface area contributed by atoms with Gasteiger partial charge in [0, 0.05) is 12.2 Å². The minimum Gasteiger partial charge on any atom is -0.481 e. The Morgan fingerprint density at radius 2 is 1.34 bits per heavy atom. The van der Waals surface area contributed by atoms with E-state index >= 15 is 0 Å². The van der Waals surface area contributed by atoms with Crippen molar-refractivity contribution in [2.45, 2.75) is 77.5 Å². The van der Waals surface area contributed by atoms with Crippen LogP contribution in [0.2, 0.25) is 0 Å². The second-order valence-corrected chi connectivity index (χ2v) is 8.23. The lowest BCUT2D eigenvalue weighted by Gasteiger charge is -2.28. The minimum atomic E-state index is -1.30. The average Bonchev–Trinajstić information content (AvgIpc) is 2.75. The molecule has 0 spiro atoms. The molecule has 0 aliphatic carbocycles. The van der Waals surface area contributed by atoms with E-state index in [1.165, 1.54) is 0 Å². The molecule has 12 heteroatoms. The molecule has 7 N–H and O–H groups in total. The Morgan fingerprint density at radius 1 is 0.844 bits per heavy atom. The van der Waals surface area contributed by atoms with E-state index in [0.717, 1.165) is 0 Å². The zero-order chi connectivity index (χ0) is 25.0. The summed E-state index contributed by atoms with van der Waals surface area (Å²) in [5.74, 6) is -5.15. The molecule has 0 radical (unpaired) electrons. The number of rotatable bonds is 15. The third kappa shape index (κ3) is 9.86. The zero-order valence-corrected chi connectivity index (χ0v) is 19.9. The van der Waals surface area contributed by atoms with Crippen LogP contribution in [0.1, 0.15) is 53.4 Å². The van der Waals surface area contributed by atoms with Crippen LogP contribution in [0.25, 0.3) is 0 Å². The highest BCUT2D eigenvalue weighted by molar-refractivity contribution is 7.80. The van der Waals surface area contributed by atoms with E-state index in [2.05, 4.69) is 28.6 Å². The number of carbonyl (C=O) groups excluding carboxylic acids is 3. The van der Waals surface area contributed by atoms with E-state index in [1.54, 1.807) is 20.8 Å². The molecule has 0 saturated heterocycles. The molecular weight excluding hydrogens is 440 g/mol. The first-order chi connectivity index (χ1) is 14.9. The maximum Gasteiger partial charge on any atom is 0.326 e. The number of nitrogens with two attached hydrogens (primary N) is 1. The summed E-state index contributed by atoms with van der Waals surface area (Å²) in [5, 5.41) is 25.8. The van der Waals surface area contributed by atoms with Crippen LogP contribution in [0.15, 0.2) is 0 Å². The van der Waals surface area contributed by atoms with E-state index in [0.29, 0.717) is 12.8 Å². The molecule has 0 aliphatic rings. The van der Waals surface area contributed by atoms with Gasteiger partial charge in [-0.25, -0.2) is 4.79 Å². The van der Waals surface area contributed by atoms with Crippen molar-refractivity contribution in [3.63, 3.8) is 0 Å². The van der Waals surface area contributed by atoms with E-state index in [-0.39, 0.29) is 24.0 Å². The molecule has 0 aliphatic heterocycles. The maximum absolute atomic E-state index is 12.9. The number of amides is 3. The van der Waals surface area contributed by atoms with Crippen molar-refractivity contribution in [1.29, 1.82) is 0 Å². The van der Waals surface area contributed by atoms with Gasteiger partial charge in [0.2, 0.25) is 17.7 Å². The third-order valence-electron chi connectivity index (χ3n) is 5.38. The Hall–Kier alpha value is -2.34. The average molecular weight is 477 g/mol. The molecule has 3 amide bonds.